The molecule has 0 aliphatic heterocycles. The molecule has 0 rings (SSSR count). The van der Waals surface area contributed by atoms with E-state index < -0.39 is 10.0 Å². The Hall–Kier alpha value is -0.130. The van der Waals surface area contributed by atoms with Crippen molar-refractivity contribution in [2.45, 2.75) is 26.7 Å². The largest absolute Gasteiger partial charge is 0.316 e. The van der Waals surface area contributed by atoms with Gasteiger partial charge in [-0.2, -0.15) is 0 Å². The van der Waals surface area contributed by atoms with Crippen molar-refractivity contribution < 1.29 is 8.42 Å². The highest BCUT2D eigenvalue weighted by molar-refractivity contribution is 7.89. The summed E-state index contributed by atoms with van der Waals surface area (Å²) in [5.41, 5.74) is 0. The number of unbranched alkanes of at least 4 members (excludes halogenated alkanes) is 1. The zero-order valence-electron chi connectivity index (χ0n) is 8.47. The summed E-state index contributed by atoms with van der Waals surface area (Å²) in [6, 6.07) is 0. The van der Waals surface area contributed by atoms with E-state index in [9.17, 15) is 8.42 Å². The lowest BCUT2D eigenvalue weighted by molar-refractivity contribution is 0.577. The van der Waals surface area contributed by atoms with Gasteiger partial charge in [0.25, 0.3) is 0 Å². The van der Waals surface area contributed by atoms with Gasteiger partial charge in [0.05, 0.1) is 5.75 Å². The van der Waals surface area contributed by atoms with Crippen molar-refractivity contribution in [3.8, 4) is 0 Å². The summed E-state index contributed by atoms with van der Waals surface area (Å²) in [7, 11) is -3.03. The summed E-state index contributed by atoms with van der Waals surface area (Å²) in [5, 5.41) is 3.08. The van der Waals surface area contributed by atoms with Crippen molar-refractivity contribution in [3.63, 3.8) is 0 Å². The van der Waals surface area contributed by atoms with Gasteiger partial charge in [0.15, 0.2) is 0 Å². The number of hydrogen-bond acceptors (Lipinski definition) is 3. The van der Waals surface area contributed by atoms with Crippen LogP contribution in [0.1, 0.15) is 26.7 Å². The van der Waals surface area contributed by atoms with Gasteiger partial charge in [-0.25, -0.2) is 13.1 Å². The lowest BCUT2D eigenvalue weighted by atomic mass is 10.3. The van der Waals surface area contributed by atoms with E-state index in [1.165, 1.54) is 0 Å². The van der Waals surface area contributed by atoms with Gasteiger partial charge in [-0.15, -0.1) is 0 Å². The first-order valence-corrected chi connectivity index (χ1v) is 6.45. The molecular formula is C8H20N2O2S. The molecule has 0 aliphatic rings. The maximum Gasteiger partial charge on any atom is 0.212 e. The van der Waals surface area contributed by atoms with Crippen LogP contribution in [0.2, 0.25) is 0 Å². The van der Waals surface area contributed by atoms with E-state index in [-0.39, 0.29) is 5.75 Å². The van der Waals surface area contributed by atoms with Crippen LogP contribution in [0.4, 0.5) is 0 Å². The lowest BCUT2D eigenvalue weighted by Crippen LogP contribution is -2.32. The fourth-order valence-electron chi connectivity index (χ4n) is 0.925. The van der Waals surface area contributed by atoms with Crippen LogP contribution in [0, 0.1) is 0 Å². The average Bonchev–Trinajstić information content (AvgIpc) is 2.04. The molecule has 5 heteroatoms. The van der Waals surface area contributed by atoms with Crippen LogP contribution in [0.5, 0.6) is 0 Å². The molecule has 0 saturated heterocycles. The van der Waals surface area contributed by atoms with E-state index in [0.717, 1.165) is 19.4 Å². The first-order chi connectivity index (χ1) is 6.12. The van der Waals surface area contributed by atoms with E-state index >= 15 is 0 Å². The third kappa shape index (κ3) is 8.21. The second-order valence-corrected chi connectivity index (χ2v) is 4.85. The first-order valence-electron chi connectivity index (χ1n) is 4.80. The van der Waals surface area contributed by atoms with Gasteiger partial charge >= 0.3 is 0 Å². The molecule has 4 nitrogen and oxygen atoms in total. The molecule has 0 spiro atoms. The molecule has 0 unspecified atom stereocenters. The highest BCUT2D eigenvalue weighted by Gasteiger charge is 2.06. The monoisotopic (exact) mass is 208 g/mol. The third-order valence-corrected chi connectivity index (χ3v) is 3.09. The highest BCUT2D eigenvalue weighted by Crippen LogP contribution is 1.84. The van der Waals surface area contributed by atoms with Crippen LogP contribution in [0.3, 0.4) is 0 Å². The molecule has 0 aromatic heterocycles. The van der Waals surface area contributed by atoms with Crippen LogP contribution in [0.15, 0.2) is 0 Å². The summed E-state index contributed by atoms with van der Waals surface area (Å²) in [4.78, 5) is 0. The van der Waals surface area contributed by atoms with Gasteiger partial charge in [-0.3, -0.25) is 0 Å². The predicted octanol–water partition coefficient (Wildman–Crippen LogP) is 0.315. The van der Waals surface area contributed by atoms with Crippen molar-refractivity contribution in [2.24, 2.45) is 0 Å². The zero-order valence-corrected chi connectivity index (χ0v) is 9.28. The van der Waals surface area contributed by atoms with Gasteiger partial charge in [0.1, 0.15) is 0 Å². The smallest absolute Gasteiger partial charge is 0.212 e. The van der Waals surface area contributed by atoms with E-state index in [2.05, 4.69) is 17.0 Å². The van der Waals surface area contributed by atoms with E-state index in [1.807, 2.05) is 0 Å². The minimum atomic E-state index is -3.03. The molecule has 0 aromatic carbocycles. The van der Waals surface area contributed by atoms with E-state index in [0.29, 0.717) is 13.1 Å². The molecular weight excluding hydrogens is 188 g/mol. The molecule has 80 valence electrons. The van der Waals surface area contributed by atoms with Crippen LogP contribution in [-0.2, 0) is 10.0 Å². The van der Waals surface area contributed by atoms with Crippen LogP contribution >= 0.6 is 0 Å². The summed E-state index contributed by atoms with van der Waals surface area (Å²) in [5.74, 6) is 0.171. The molecule has 0 fully saturated rings. The molecule has 13 heavy (non-hydrogen) atoms. The van der Waals surface area contributed by atoms with Crippen molar-refractivity contribution >= 4 is 10.0 Å². The predicted molar refractivity (Wildman–Crippen MR) is 55.2 cm³/mol. The summed E-state index contributed by atoms with van der Waals surface area (Å²) in [6.45, 7) is 5.80. The number of rotatable bonds is 8. The number of hydrogen-bond donors (Lipinski definition) is 2. The van der Waals surface area contributed by atoms with Crippen LogP contribution in [0.25, 0.3) is 0 Å². The molecule has 0 heterocycles. The molecule has 0 saturated carbocycles. The Morgan fingerprint density at radius 2 is 1.85 bits per heavy atom. The van der Waals surface area contributed by atoms with Crippen LogP contribution < -0.4 is 10.0 Å². The molecule has 0 aromatic rings. The highest BCUT2D eigenvalue weighted by atomic mass is 32.2. The summed E-state index contributed by atoms with van der Waals surface area (Å²) >= 11 is 0. The second kappa shape index (κ2) is 7.29. The van der Waals surface area contributed by atoms with Gasteiger partial charge in [-0.1, -0.05) is 20.3 Å². The van der Waals surface area contributed by atoms with Gasteiger partial charge in [0.2, 0.25) is 10.0 Å². The standard InChI is InChI=1S/C8H20N2O2S/c1-3-5-6-9-7-8-13(11,12)10-4-2/h9-10H,3-8H2,1-2H3. The van der Waals surface area contributed by atoms with Crippen molar-refractivity contribution in [2.75, 3.05) is 25.4 Å². The molecule has 2 N–H and O–H groups in total. The SMILES string of the molecule is CCCCNCCS(=O)(=O)NCC. The van der Waals surface area contributed by atoms with E-state index in [4.69, 9.17) is 0 Å². The van der Waals surface area contributed by atoms with Crippen LogP contribution in [-0.4, -0.2) is 33.8 Å². The first kappa shape index (κ1) is 12.9. The maximum atomic E-state index is 11.1. The molecule has 0 atom stereocenters. The molecule has 0 amide bonds. The number of nitrogens with one attached hydrogen (secondary N) is 2. The Morgan fingerprint density at radius 3 is 2.38 bits per heavy atom. The topological polar surface area (TPSA) is 58.2 Å². The van der Waals surface area contributed by atoms with Crippen molar-refractivity contribution in [1.82, 2.24) is 10.0 Å². The molecule has 0 aliphatic carbocycles. The minimum Gasteiger partial charge on any atom is -0.316 e. The lowest BCUT2D eigenvalue weighted by Gasteiger charge is -2.05. The zero-order chi connectivity index (χ0) is 10.2. The average molecular weight is 208 g/mol. The fourth-order valence-corrected chi connectivity index (χ4v) is 1.92. The second-order valence-electron chi connectivity index (χ2n) is 2.92. The van der Waals surface area contributed by atoms with Crippen molar-refractivity contribution in [3.05, 3.63) is 0 Å². The van der Waals surface area contributed by atoms with E-state index in [1.54, 1.807) is 6.92 Å². The maximum absolute atomic E-state index is 11.1. The number of sulfonamides is 1. The quantitative estimate of drug-likeness (QED) is 0.565. The Kier molecular flexibility index (Phi) is 7.22. The third-order valence-electron chi connectivity index (χ3n) is 1.62. The van der Waals surface area contributed by atoms with Gasteiger partial charge in [0, 0.05) is 13.1 Å². The fraction of sp³-hybridized carbons (Fsp3) is 1.00. The Bertz CT molecular complexity index is 202. The Labute approximate surface area is 81.2 Å². The normalized spacial score (nSPS) is 11.8. The molecule has 0 radical (unpaired) electrons. The Morgan fingerprint density at radius 1 is 1.15 bits per heavy atom. The summed E-state index contributed by atoms with van der Waals surface area (Å²) in [6.07, 6.45) is 2.23. The van der Waals surface area contributed by atoms with Gasteiger partial charge in [-0.05, 0) is 13.0 Å². The molecule has 0 bridgehead atoms. The van der Waals surface area contributed by atoms with Crippen molar-refractivity contribution in [1.29, 1.82) is 0 Å². The minimum absolute atomic E-state index is 0.171. The summed E-state index contributed by atoms with van der Waals surface area (Å²) < 4.78 is 24.7. The Balaban J connectivity index is 3.41. The van der Waals surface area contributed by atoms with Gasteiger partial charge < -0.3 is 5.32 Å².